The van der Waals surface area contributed by atoms with Crippen molar-refractivity contribution in [2.75, 3.05) is 26.2 Å². The Balaban J connectivity index is 1.60. The van der Waals surface area contributed by atoms with Gasteiger partial charge >= 0.3 is 12.2 Å². The molecule has 2 aliphatic heterocycles. The number of benzene rings is 1. The van der Waals surface area contributed by atoms with E-state index < -0.39 is 30.8 Å². The van der Waals surface area contributed by atoms with Crippen LogP contribution in [0.4, 0.5) is 9.59 Å². The van der Waals surface area contributed by atoms with E-state index in [1.54, 1.807) is 0 Å². The molecule has 1 aromatic carbocycles. The molecule has 2 aliphatic rings. The van der Waals surface area contributed by atoms with E-state index in [0.717, 1.165) is 5.56 Å². The van der Waals surface area contributed by atoms with Gasteiger partial charge in [-0.05, 0) is 26.3 Å². The number of quaternary nitrogens is 1. The number of hydrogen-bond donors (Lipinski definition) is 1. The molecule has 0 radical (unpaired) electrons. The minimum atomic E-state index is -0.735. The molecule has 2 saturated heterocycles. The molecule has 8 heteroatoms. The summed E-state index contributed by atoms with van der Waals surface area (Å²) in [5, 5.41) is 2.95. The lowest BCUT2D eigenvalue weighted by molar-refractivity contribution is -0.845. The van der Waals surface area contributed by atoms with Crippen LogP contribution in [0, 0.1) is 0 Å². The summed E-state index contributed by atoms with van der Waals surface area (Å²) in [5.74, 6) is 0. The predicted molar refractivity (Wildman–Crippen MR) is 100 cm³/mol. The molecule has 1 aromatic rings. The van der Waals surface area contributed by atoms with Gasteiger partial charge in [0.1, 0.15) is 6.10 Å². The van der Waals surface area contributed by atoms with E-state index >= 15 is 0 Å². The van der Waals surface area contributed by atoms with Crippen LogP contribution in [0.3, 0.4) is 0 Å². The average molecular weight is 393 g/mol. The zero-order chi connectivity index (χ0) is 20.1. The van der Waals surface area contributed by atoms with Crippen molar-refractivity contribution in [3.63, 3.8) is 0 Å². The van der Waals surface area contributed by atoms with E-state index in [1.807, 2.05) is 51.1 Å². The molecule has 0 aliphatic carbocycles. The molecule has 2 heterocycles. The number of carbonyl (C=O) groups is 2. The van der Waals surface area contributed by atoms with E-state index in [1.165, 1.54) is 0 Å². The van der Waals surface area contributed by atoms with Gasteiger partial charge in [0.15, 0.2) is 18.5 Å². The smallest absolute Gasteiger partial charge is 0.424 e. The Kier molecular flexibility index (Phi) is 6.53. The molecule has 1 N–H and O–H groups in total. The summed E-state index contributed by atoms with van der Waals surface area (Å²) in [5.41, 5.74) is 0.987. The number of nitrogens with zero attached hydrogens (tertiary/aromatic N) is 1. The molecule has 2 amide bonds. The lowest BCUT2D eigenvalue weighted by Gasteiger charge is -2.32. The van der Waals surface area contributed by atoms with E-state index in [4.69, 9.17) is 18.9 Å². The van der Waals surface area contributed by atoms with Gasteiger partial charge in [-0.2, -0.15) is 0 Å². The van der Waals surface area contributed by atoms with Gasteiger partial charge < -0.3 is 24.3 Å². The van der Waals surface area contributed by atoms with Gasteiger partial charge in [0.05, 0.1) is 32.8 Å². The van der Waals surface area contributed by atoms with Crippen LogP contribution in [0.15, 0.2) is 30.3 Å². The molecular formula is C20H29N2O6+. The first-order valence-corrected chi connectivity index (χ1v) is 9.85. The van der Waals surface area contributed by atoms with Crippen LogP contribution in [0.5, 0.6) is 0 Å². The van der Waals surface area contributed by atoms with Gasteiger partial charge in [0, 0.05) is 0 Å². The standard InChI is InChI=1S/C20H28N2O6/c1-4-22(5-2,6-3)19(23)21-12-15-16-17(28-20(24)27-16)18(26-15)25-13-14-10-8-7-9-11-14/h7-11,15-18H,4-6,12-13H2,1-3H3/p+1/t15-,16-,17-,18-/m1/s1. The zero-order valence-electron chi connectivity index (χ0n) is 16.6. The monoisotopic (exact) mass is 393 g/mol. The summed E-state index contributed by atoms with van der Waals surface area (Å²) in [7, 11) is 0. The molecular weight excluding hydrogens is 364 g/mol. The van der Waals surface area contributed by atoms with Gasteiger partial charge in [-0.25, -0.2) is 14.1 Å². The van der Waals surface area contributed by atoms with E-state index in [0.29, 0.717) is 30.7 Å². The number of hydrogen-bond acceptors (Lipinski definition) is 6. The third kappa shape index (κ3) is 4.14. The third-order valence-electron chi connectivity index (χ3n) is 5.69. The number of rotatable bonds is 8. The van der Waals surface area contributed by atoms with Crippen LogP contribution in [0.25, 0.3) is 0 Å². The quantitative estimate of drug-likeness (QED) is 0.540. The summed E-state index contributed by atoms with van der Waals surface area (Å²) in [4.78, 5) is 24.3. The maximum Gasteiger partial charge on any atom is 0.509 e. The maximum absolute atomic E-state index is 12.7. The van der Waals surface area contributed by atoms with Crippen LogP contribution < -0.4 is 5.32 Å². The van der Waals surface area contributed by atoms with Crippen LogP contribution >= 0.6 is 0 Å². The Morgan fingerprint density at radius 3 is 2.36 bits per heavy atom. The van der Waals surface area contributed by atoms with Gasteiger partial charge in [0.2, 0.25) is 0 Å². The fourth-order valence-corrected chi connectivity index (χ4v) is 3.72. The SMILES string of the molecule is CC[N+](CC)(CC)C(=O)NC[C@H]1O[C@@H](OCc2ccccc2)[C@@H]2OC(=O)O[C@@H]21. The molecule has 4 atom stereocenters. The summed E-state index contributed by atoms with van der Waals surface area (Å²) in [6.45, 7) is 8.65. The maximum atomic E-state index is 12.7. The molecule has 28 heavy (non-hydrogen) atoms. The van der Waals surface area contributed by atoms with Crippen molar-refractivity contribution in [1.29, 1.82) is 0 Å². The van der Waals surface area contributed by atoms with Crippen molar-refractivity contribution < 1.29 is 33.0 Å². The minimum Gasteiger partial charge on any atom is -0.424 e. The van der Waals surface area contributed by atoms with Crippen molar-refractivity contribution in [3.8, 4) is 0 Å². The number of urea groups is 1. The Bertz CT molecular complexity index is 670. The average Bonchev–Trinajstić information content (AvgIpc) is 3.25. The highest BCUT2D eigenvalue weighted by molar-refractivity contribution is 5.67. The number of amides is 2. The van der Waals surface area contributed by atoms with Gasteiger partial charge in [-0.1, -0.05) is 30.3 Å². The highest BCUT2D eigenvalue weighted by atomic mass is 16.8. The zero-order valence-corrected chi connectivity index (χ0v) is 16.6. The molecule has 0 spiro atoms. The third-order valence-corrected chi connectivity index (χ3v) is 5.69. The molecule has 0 bridgehead atoms. The second kappa shape index (κ2) is 8.89. The van der Waals surface area contributed by atoms with Crippen LogP contribution in [0.2, 0.25) is 0 Å². The summed E-state index contributed by atoms with van der Waals surface area (Å²) >= 11 is 0. The molecule has 8 nitrogen and oxygen atoms in total. The Morgan fingerprint density at radius 1 is 1.07 bits per heavy atom. The highest BCUT2D eigenvalue weighted by Gasteiger charge is 2.55. The predicted octanol–water partition coefficient (Wildman–Crippen LogP) is 2.42. The molecule has 0 aromatic heterocycles. The number of carbonyl (C=O) groups excluding carboxylic acids is 2. The van der Waals surface area contributed by atoms with Gasteiger partial charge in [-0.3, -0.25) is 0 Å². The number of nitrogens with one attached hydrogen (secondary N) is 1. The molecule has 3 rings (SSSR count). The Hall–Kier alpha value is -2.16. The normalized spacial score (nSPS) is 26.5. The van der Waals surface area contributed by atoms with Crippen molar-refractivity contribution >= 4 is 12.2 Å². The fraction of sp³-hybridized carbons (Fsp3) is 0.600. The topological polar surface area (TPSA) is 83.1 Å². The molecule has 154 valence electrons. The summed E-state index contributed by atoms with van der Waals surface area (Å²) in [6.07, 6.45) is -3.22. The lowest BCUT2D eigenvalue weighted by Crippen LogP contribution is -2.58. The number of ether oxygens (including phenoxy) is 4. The van der Waals surface area contributed by atoms with Crippen molar-refractivity contribution in [2.45, 2.75) is 52.0 Å². The summed E-state index contributed by atoms with van der Waals surface area (Å²) < 4.78 is 22.6. The first-order chi connectivity index (χ1) is 13.5. The van der Waals surface area contributed by atoms with Gasteiger partial charge in [0.25, 0.3) is 0 Å². The van der Waals surface area contributed by atoms with E-state index in [2.05, 4.69) is 5.32 Å². The molecule has 0 saturated carbocycles. The van der Waals surface area contributed by atoms with Crippen molar-refractivity contribution in [1.82, 2.24) is 5.32 Å². The Labute approximate surface area is 165 Å². The van der Waals surface area contributed by atoms with E-state index in [-0.39, 0.29) is 12.6 Å². The van der Waals surface area contributed by atoms with Crippen LogP contribution in [-0.4, -0.2) is 67.5 Å². The first-order valence-electron chi connectivity index (χ1n) is 9.85. The Morgan fingerprint density at radius 2 is 1.71 bits per heavy atom. The molecule has 2 fully saturated rings. The fourth-order valence-electron chi connectivity index (χ4n) is 3.72. The van der Waals surface area contributed by atoms with Crippen LogP contribution in [-0.2, 0) is 25.6 Å². The second-order valence-electron chi connectivity index (χ2n) is 7.03. The minimum absolute atomic E-state index is 0.0634. The highest BCUT2D eigenvalue weighted by Crippen LogP contribution is 2.33. The van der Waals surface area contributed by atoms with Crippen molar-refractivity contribution in [2.24, 2.45) is 0 Å². The molecule has 0 unspecified atom stereocenters. The van der Waals surface area contributed by atoms with Crippen LogP contribution in [0.1, 0.15) is 26.3 Å². The first kappa shape index (κ1) is 20.6. The largest absolute Gasteiger partial charge is 0.509 e. The lowest BCUT2D eigenvalue weighted by atomic mass is 10.1. The van der Waals surface area contributed by atoms with E-state index in [9.17, 15) is 9.59 Å². The van der Waals surface area contributed by atoms with Gasteiger partial charge in [-0.15, -0.1) is 0 Å². The summed E-state index contributed by atoms with van der Waals surface area (Å²) in [6, 6.07) is 9.60. The number of fused-ring (bicyclic) bond motifs is 1. The van der Waals surface area contributed by atoms with Crippen molar-refractivity contribution in [3.05, 3.63) is 35.9 Å². The second-order valence-corrected chi connectivity index (χ2v) is 7.03.